The Balaban J connectivity index is 1.94. The minimum absolute atomic E-state index is 0.0425. The molecule has 32 heavy (non-hydrogen) atoms. The molecule has 0 amide bonds. The van der Waals surface area contributed by atoms with Crippen LogP contribution in [0.25, 0.3) is 33.1 Å². The fourth-order valence-electron chi connectivity index (χ4n) is 3.60. The Kier molecular flexibility index (Phi) is 4.12. The van der Waals surface area contributed by atoms with Crippen LogP contribution in [-0.4, -0.2) is 6.21 Å². The van der Waals surface area contributed by atoms with Crippen molar-refractivity contribution in [1.82, 2.24) is 0 Å². The number of rotatable bonds is 5. The molecule has 2 nitrogen and oxygen atoms in total. The third-order valence-electron chi connectivity index (χ3n) is 4.95. The highest BCUT2D eigenvalue weighted by molar-refractivity contribution is 6.08. The molecule has 0 aliphatic heterocycles. The van der Waals surface area contributed by atoms with Crippen molar-refractivity contribution >= 4 is 39.3 Å². The second-order valence-electron chi connectivity index (χ2n) is 8.64. The van der Waals surface area contributed by atoms with Crippen LogP contribution in [0.5, 0.6) is 0 Å². The first-order valence-corrected chi connectivity index (χ1v) is 10.3. The summed E-state index contributed by atoms with van der Waals surface area (Å²) in [4.78, 5) is 0. The van der Waals surface area contributed by atoms with E-state index in [1.54, 1.807) is 52.0 Å². The van der Waals surface area contributed by atoms with Gasteiger partial charge >= 0.3 is 0 Å². The van der Waals surface area contributed by atoms with Crippen molar-refractivity contribution in [2.45, 2.75) is 34.1 Å². The number of para-hydroxylation sites is 2. The first kappa shape index (κ1) is 15.4. The lowest BCUT2D eigenvalue weighted by atomic mass is 9.87. The zero-order valence-electron chi connectivity index (χ0n) is 24.5. The predicted molar refractivity (Wildman–Crippen MR) is 134 cm³/mol. The lowest BCUT2D eigenvalue weighted by Gasteiger charge is -2.18. The normalized spacial score (nSPS) is 16.3. The fourth-order valence-corrected chi connectivity index (χ4v) is 3.60. The second-order valence-corrected chi connectivity index (χ2v) is 8.64. The summed E-state index contributed by atoms with van der Waals surface area (Å²) in [5.74, 6) is -0.477. The number of allylic oxidation sites excluding steroid dienone is 4. The summed E-state index contributed by atoms with van der Waals surface area (Å²) in [7, 11) is 0. The summed E-state index contributed by atoms with van der Waals surface area (Å²) < 4.78 is 72.0. The summed E-state index contributed by atoms with van der Waals surface area (Å²) in [6.45, 7) is 6.71. The van der Waals surface area contributed by atoms with Crippen molar-refractivity contribution in [3.63, 3.8) is 0 Å². The summed E-state index contributed by atoms with van der Waals surface area (Å²) >= 11 is 0. The Hall–Kier alpha value is -3.46. The molecule has 1 heterocycles. The lowest BCUT2D eigenvalue weighted by Crippen LogP contribution is -2.08. The number of fused-ring (bicyclic) bond motifs is 3. The number of hydrogen-bond donors (Lipinski definition) is 1. The topological polar surface area (TPSA) is 37.0 Å². The van der Waals surface area contributed by atoms with Crippen molar-refractivity contribution in [2.75, 3.05) is 0 Å². The minimum Gasteiger partial charge on any atom is -0.452 e. The van der Waals surface area contributed by atoms with Gasteiger partial charge in [0.2, 0.25) is 0 Å². The molecule has 0 fully saturated rings. The van der Waals surface area contributed by atoms with Gasteiger partial charge in [-0.25, -0.2) is 4.39 Å². The van der Waals surface area contributed by atoms with Gasteiger partial charge < -0.3 is 9.83 Å². The van der Waals surface area contributed by atoms with E-state index in [0.717, 1.165) is 11.6 Å². The third kappa shape index (κ3) is 4.43. The molecule has 162 valence electrons. The molecule has 0 unspecified atom stereocenters. The van der Waals surface area contributed by atoms with Crippen molar-refractivity contribution < 1.29 is 17.0 Å². The number of hydrogen-bond acceptors (Lipinski definition) is 2. The third-order valence-corrected chi connectivity index (χ3v) is 4.95. The molecule has 4 aromatic rings. The number of halogens is 1. The molecule has 3 heteroatoms. The highest BCUT2D eigenvalue weighted by atomic mass is 19.1. The monoisotopic (exact) mass is 431 g/mol. The first-order chi connectivity index (χ1) is 17.7. The molecule has 0 aliphatic rings. The van der Waals surface area contributed by atoms with Crippen LogP contribution in [0.15, 0.2) is 77.1 Å². The summed E-state index contributed by atoms with van der Waals surface area (Å²) in [6, 6.07) is 8.44. The Morgan fingerprint density at radius 2 is 1.72 bits per heavy atom. The zero-order chi connectivity index (χ0) is 28.2. The standard InChI is InChI=1S/C29H28FNO/c1-19(17-22(15-16-31)21-13-11-20(12-14-21)18-29(2,3)4)23-7-5-8-24-25-9-6-10-26(30)28(25)32-27(23)24/h5-17,31H,18H2,1-4H3/b19-17+,22-15+,31-16?/i11D,12D,13D,14D,18D2. The molecule has 0 radical (unpaired) electrons. The van der Waals surface area contributed by atoms with Crippen molar-refractivity contribution in [1.29, 1.82) is 5.41 Å². The molecular formula is C29H28FNO. The van der Waals surface area contributed by atoms with Gasteiger partial charge in [0.25, 0.3) is 0 Å². The summed E-state index contributed by atoms with van der Waals surface area (Å²) in [5.41, 5.74) is 0.807. The van der Waals surface area contributed by atoms with Gasteiger partial charge in [-0.2, -0.15) is 0 Å². The molecule has 0 aliphatic carbocycles. The average molecular weight is 432 g/mol. The zero-order valence-corrected chi connectivity index (χ0v) is 18.5. The molecule has 0 spiro atoms. The van der Waals surface area contributed by atoms with E-state index < -0.39 is 41.8 Å². The molecule has 0 saturated heterocycles. The van der Waals surface area contributed by atoms with Crippen molar-refractivity contribution in [2.24, 2.45) is 5.41 Å². The van der Waals surface area contributed by atoms with E-state index in [4.69, 9.17) is 18.1 Å². The van der Waals surface area contributed by atoms with Gasteiger partial charge in [0, 0.05) is 25.3 Å². The van der Waals surface area contributed by atoms with Crippen LogP contribution in [0, 0.1) is 16.6 Å². The maximum atomic E-state index is 14.4. The van der Waals surface area contributed by atoms with Crippen LogP contribution in [0.2, 0.25) is 0 Å². The smallest absolute Gasteiger partial charge is 0.171 e. The van der Waals surface area contributed by atoms with Crippen LogP contribution in [0.3, 0.4) is 0 Å². The number of furan rings is 1. The van der Waals surface area contributed by atoms with Gasteiger partial charge in [0.05, 0.1) is 5.48 Å². The van der Waals surface area contributed by atoms with E-state index in [2.05, 4.69) is 0 Å². The molecular weight excluding hydrogens is 397 g/mol. The van der Waals surface area contributed by atoms with Crippen LogP contribution < -0.4 is 0 Å². The highest BCUT2D eigenvalue weighted by Gasteiger charge is 2.15. The number of nitrogens with one attached hydrogen (secondary N) is 1. The van der Waals surface area contributed by atoms with E-state index in [9.17, 15) is 4.39 Å². The molecule has 1 N–H and O–H groups in total. The molecule has 1 aromatic heterocycles. The van der Waals surface area contributed by atoms with E-state index in [0.29, 0.717) is 22.1 Å². The second kappa shape index (κ2) is 8.58. The largest absolute Gasteiger partial charge is 0.452 e. The average Bonchev–Trinajstić information content (AvgIpc) is 3.22. The van der Waals surface area contributed by atoms with Gasteiger partial charge in [0.15, 0.2) is 11.4 Å². The quantitative estimate of drug-likeness (QED) is 0.250. The van der Waals surface area contributed by atoms with Crippen LogP contribution in [-0.2, 0) is 6.37 Å². The predicted octanol–water partition coefficient (Wildman–Crippen LogP) is 8.45. The van der Waals surface area contributed by atoms with Crippen molar-refractivity contribution in [3.05, 3.63) is 95.2 Å². The number of benzene rings is 3. The summed E-state index contributed by atoms with van der Waals surface area (Å²) in [5, 5.41) is 9.02. The van der Waals surface area contributed by atoms with Gasteiger partial charge in [-0.1, -0.05) is 81.3 Å². The Morgan fingerprint density at radius 1 is 1.06 bits per heavy atom. The van der Waals surface area contributed by atoms with E-state index in [1.165, 1.54) is 12.1 Å². The molecule has 4 rings (SSSR count). The van der Waals surface area contributed by atoms with E-state index in [1.807, 2.05) is 12.1 Å². The molecule has 3 aromatic carbocycles. The van der Waals surface area contributed by atoms with Gasteiger partial charge in [-0.05, 0) is 53.1 Å². The highest BCUT2D eigenvalue weighted by Crippen LogP contribution is 2.35. The van der Waals surface area contributed by atoms with E-state index >= 15 is 0 Å². The van der Waals surface area contributed by atoms with Crippen LogP contribution in [0.1, 0.15) is 52.6 Å². The maximum absolute atomic E-state index is 14.4. The van der Waals surface area contributed by atoms with Crippen LogP contribution >= 0.6 is 0 Å². The molecule has 0 atom stereocenters. The first-order valence-electron chi connectivity index (χ1n) is 13.3. The maximum Gasteiger partial charge on any atom is 0.171 e. The minimum atomic E-state index is -2.13. The van der Waals surface area contributed by atoms with Gasteiger partial charge in [-0.15, -0.1) is 0 Å². The molecule has 0 saturated carbocycles. The fraction of sp³-hybridized carbons (Fsp3) is 0.207. The molecule has 0 bridgehead atoms. The van der Waals surface area contributed by atoms with Crippen LogP contribution in [0.4, 0.5) is 4.39 Å². The Bertz CT molecular complexity index is 1630. The van der Waals surface area contributed by atoms with E-state index in [-0.39, 0.29) is 22.3 Å². The van der Waals surface area contributed by atoms with Crippen molar-refractivity contribution in [3.8, 4) is 0 Å². The SMILES string of the molecule is [2H]c1c([2H])c(C([2H])([2H])C(C)(C)C)c([2H])c([2H])c1C(=C/C=N)/C=C(\C)c1cccc2c1oc1c(F)cccc12. The lowest BCUT2D eigenvalue weighted by molar-refractivity contribution is 0.411. The Labute approximate surface area is 197 Å². The van der Waals surface area contributed by atoms with Gasteiger partial charge in [-0.3, -0.25) is 0 Å². The Morgan fingerprint density at radius 3 is 2.38 bits per heavy atom. The van der Waals surface area contributed by atoms with Gasteiger partial charge in [0.1, 0.15) is 5.58 Å². The summed E-state index contributed by atoms with van der Waals surface area (Å²) in [6.07, 6.45) is 1.86.